The van der Waals surface area contributed by atoms with E-state index in [0.717, 1.165) is 27.3 Å². The van der Waals surface area contributed by atoms with E-state index in [4.69, 9.17) is 5.26 Å². The van der Waals surface area contributed by atoms with Crippen molar-refractivity contribution in [3.05, 3.63) is 58.7 Å². The molecule has 0 radical (unpaired) electrons. The van der Waals surface area contributed by atoms with Gasteiger partial charge in [-0.2, -0.15) is 5.26 Å². The number of amides is 1. The van der Waals surface area contributed by atoms with Gasteiger partial charge in [0, 0.05) is 5.69 Å². The number of carbonyl (C=O) groups is 1. The molecule has 0 saturated carbocycles. The maximum absolute atomic E-state index is 12.5. The van der Waals surface area contributed by atoms with Crippen molar-refractivity contribution in [2.24, 2.45) is 0 Å². The van der Waals surface area contributed by atoms with Crippen molar-refractivity contribution >= 4 is 27.3 Å². The predicted molar refractivity (Wildman–Crippen MR) is 103 cm³/mol. The Labute approximate surface area is 154 Å². The van der Waals surface area contributed by atoms with Crippen molar-refractivity contribution in [2.45, 2.75) is 20.8 Å². The number of rotatable bonds is 5. The van der Waals surface area contributed by atoms with Crippen LogP contribution in [0.4, 0.5) is 11.4 Å². The highest BCUT2D eigenvalue weighted by molar-refractivity contribution is 7.92. The van der Waals surface area contributed by atoms with Crippen LogP contribution in [0.15, 0.2) is 36.4 Å². The molecule has 0 bridgehead atoms. The number of anilines is 2. The van der Waals surface area contributed by atoms with E-state index in [9.17, 15) is 13.2 Å². The van der Waals surface area contributed by atoms with Crippen LogP contribution in [0.1, 0.15) is 22.3 Å². The Kier molecular flexibility index (Phi) is 5.68. The van der Waals surface area contributed by atoms with Crippen LogP contribution in [-0.2, 0) is 14.8 Å². The summed E-state index contributed by atoms with van der Waals surface area (Å²) in [5.41, 5.74) is 4.36. The van der Waals surface area contributed by atoms with Crippen molar-refractivity contribution in [2.75, 3.05) is 22.4 Å². The monoisotopic (exact) mass is 371 g/mol. The Morgan fingerprint density at radius 2 is 1.65 bits per heavy atom. The van der Waals surface area contributed by atoms with Gasteiger partial charge in [-0.1, -0.05) is 17.7 Å². The second-order valence-electron chi connectivity index (χ2n) is 6.25. The zero-order chi connectivity index (χ0) is 19.5. The van der Waals surface area contributed by atoms with Gasteiger partial charge in [-0.25, -0.2) is 8.42 Å². The topological polar surface area (TPSA) is 90.3 Å². The fourth-order valence-electron chi connectivity index (χ4n) is 2.79. The van der Waals surface area contributed by atoms with Gasteiger partial charge in [0.2, 0.25) is 15.9 Å². The number of hydrogen-bond acceptors (Lipinski definition) is 4. The zero-order valence-electron chi connectivity index (χ0n) is 15.2. The van der Waals surface area contributed by atoms with Gasteiger partial charge in [-0.05, 0) is 56.2 Å². The lowest BCUT2D eigenvalue weighted by Crippen LogP contribution is -2.37. The minimum Gasteiger partial charge on any atom is -0.324 e. The molecule has 7 heteroatoms. The lowest BCUT2D eigenvalue weighted by Gasteiger charge is -2.22. The number of nitriles is 1. The number of sulfonamides is 1. The third kappa shape index (κ3) is 4.61. The number of nitrogens with zero attached hydrogens (tertiary/aromatic N) is 2. The summed E-state index contributed by atoms with van der Waals surface area (Å²) in [6.45, 7) is 5.41. The average Bonchev–Trinajstić information content (AvgIpc) is 2.55. The van der Waals surface area contributed by atoms with E-state index in [0.29, 0.717) is 16.9 Å². The Hall–Kier alpha value is -2.85. The molecule has 136 valence electrons. The summed E-state index contributed by atoms with van der Waals surface area (Å²) in [5.74, 6) is -0.435. The Bertz CT molecular complexity index is 951. The fraction of sp³-hybridized carbons (Fsp3) is 0.263. The molecule has 1 amide bonds. The first-order chi connectivity index (χ1) is 12.1. The highest BCUT2D eigenvalue weighted by atomic mass is 32.2. The summed E-state index contributed by atoms with van der Waals surface area (Å²) in [5, 5.41) is 11.7. The SMILES string of the molecule is Cc1cc(C)c(NC(=O)CN(c2ccc(C#N)cc2)S(C)(=O)=O)c(C)c1. The zero-order valence-corrected chi connectivity index (χ0v) is 16.0. The number of aryl methyl sites for hydroxylation is 3. The van der Waals surface area contributed by atoms with Crippen LogP contribution in [-0.4, -0.2) is 27.1 Å². The lowest BCUT2D eigenvalue weighted by molar-refractivity contribution is -0.114. The van der Waals surface area contributed by atoms with Crippen LogP contribution in [0.25, 0.3) is 0 Å². The standard InChI is InChI=1S/C19H21N3O3S/c1-13-9-14(2)19(15(3)10-13)21-18(23)12-22(26(4,24)25)17-7-5-16(11-20)6-8-17/h5-10H,12H2,1-4H3,(H,21,23). The minimum absolute atomic E-state index is 0.332. The van der Waals surface area contributed by atoms with Crippen LogP contribution < -0.4 is 9.62 Å². The number of benzene rings is 2. The number of nitrogens with one attached hydrogen (secondary N) is 1. The van der Waals surface area contributed by atoms with Gasteiger partial charge < -0.3 is 5.32 Å². The van der Waals surface area contributed by atoms with Crippen LogP contribution >= 0.6 is 0 Å². The van der Waals surface area contributed by atoms with Gasteiger partial charge in [-0.3, -0.25) is 9.10 Å². The second-order valence-corrected chi connectivity index (χ2v) is 8.16. The van der Waals surface area contributed by atoms with E-state index in [1.54, 1.807) is 0 Å². The van der Waals surface area contributed by atoms with Crippen molar-refractivity contribution in [3.63, 3.8) is 0 Å². The molecule has 0 aromatic heterocycles. The van der Waals surface area contributed by atoms with E-state index < -0.39 is 15.9 Å². The quantitative estimate of drug-likeness (QED) is 0.875. The Balaban J connectivity index is 2.26. The largest absolute Gasteiger partial charge is 0.324 e. The minimum atomic E-state index is -3.66. The van der Waals surface area contributed by atoms with Crippen molar-refractivity contribution < 1.29 is 13.2 Å². The first kappa shape index (κ1) is 19.5. The summed E-state index contributed by atoms with van der Waals surface area (Å²) in [4.78, 5) is 12.5. The van der Waals surface area contributed by atoms with Crippen molar-refractivity contribution in [1.29, 1.82) is 5.26 Å². The van der Waals surface area contributed by atoms with Crippen molar-refractivity contribution in [3.8, 4) is 6.07 Å². The molecule has 1 N–H and O–H groups in total. The molecule has 0 heterocycles. The molecule has 0 aliphatic carbocycles. The van der Waals surface area contributed by atoms with Crippen LogP contribution in [0, 0.1) is 32.1 Å². The predicted octanol–water partition coefficient (Wildman–Crippen LogP) is 2.89. The molecular formula is C19H21N3O3S. The Morgan fingerprint density at radius 1 is 1.12 bits per heavy atom. The average molecular weight is 371 g/mol. The molecular weight excluding hydrogens is 350 g/mol. The normalized spacial score (nSPS) is 10.9. The molecule has 0 fully saturated rings. The van der Waals surface area contributed by atoms with E-state index in [2.05, 4.69) is 5.32 Å². The van der Waals surface area contributed by atoms with Crippen LogP contribution in [0.5, 0.6) is 0 Å². The first-order valence-corrected chi connectivity index (χ1v) is 9.82. The molecule has 2 aromatic rings. The van der Waals surface area contributed by atoms with E-state index in [-0.39, 0.29) is 6.54 Å². The van der Waals surface area contributed by atoms with E-state index in [1.807, 2.05) is 39.0 Å². The molecule has 26 heavy (non-hydrogen) atoms. The van der Waals surface area contributed by atoms with Gasteiger partial charge in [0.1, 0.15) is 6.54 Å². The molecule has 0 aliphatic rings. The summed E-state index contributed by atoms with van der Waals surface area (Å²) in [6.07, 6.45) is 1.04. The van der Waals surface area contributed by atoms with Gasteiger partial charge in [-0.15, -0.1) is 0 Å². The Morgan fingerprint density at radius 3 is 2.12 bits per heavy atom. The third-order valence-electron chi connectivity index (χ3n) is 3.91. The molecule has 0 spiro atoms. The highest BCUT2D eigenvalue weighted by Gasteiger charge is 2.21. The van der Waals surface area contributed by atoms with Gasteiger partial charge in [0.05, 0.1) is 23.6 Å². The molecule has 2 rings (SSSR count). The summed E-state index contributed by atoms with van der Waals surface area (Å²) < 4.78 is 25.3. The smallest absolute Gasteiger partial charge is 0.245 e. The molecule has 0 atom stereocenters. The fourth-order valence-corrected chi connectivity index (χ4v) is 3.65. The van der Waals surface area contributed by atoms with Gasteiger partial charge >= 0.3 is 0 Å². The third-order valence-corrected chi connectivity index (χ3v) is 5.05. The van der Waals surface area contributed by atoms with Gasteiger partial charge in [0.25, 0.3) is 0 Å². The van der Waals surface area contributed by atoms with Gasteiger partial charge in [0.15, 0.2) is 0 Å². The van der Waals surface area contributed by atoms with E-state index >= 15 is 0 Å². The lowest BCUT2D eigenvalue weighted by atomic mass is 10.1. The van der Waals surface area contributed by atoms with Crippen LogP contribution in [0.3, 0.4) is 0 Å². The molecule has 0 saturated heterocycles. The number of carbonyl (C=O) groups excluding carboxylic acids is 1. The molecule has 0 aliphatic heterocycles. The molecule has 0 unspecified atom stereocenters. The maximum Gasteiger partial charge on any atom is 0.245 e. The van der Waals surface area contributed by atoms with Crippen LogP contribution in [0.2, 0.25) is 0 Å². The van der Waals surface area contributed by atoms with Crippen molar-refractivity contribution in [1.82, 2.24) is 0 Å². The molecule has 2 aromatic carbocycles. The number of hydrogen-bond donors (Lipinski definition) is 1. The summed E-state index contributed by atoms with van der Waals surface area (Å²) >= 11 is 0. The molecule has 6 nitrogen and oxygen atoms in total. The summed E-state index contributed by atoms with van der Waals surface area (Å²) in [7, 11) is -3.66. The highest BCUT2D eigenvalue weighted by Crippen LogP contribution is 2.23. The van der Waals surface area contributed by atoms with E-state index in [1.165, 1.54) is 24.3 Å². The summed E-state index contributed by atoms with van der Waals surface area (Å²) in [6, 6.07) is 11.9. The second kappa shape index (κ2) is 7.58. The maximum atomic E-state index is 12.5. The first-order valence-electron chi connectivity index (χ1n) is 7.97.